The molecule has 176 valence electrons. The number of ether oxygens (including phenoxy) is 1. The summed E-state index contributed by atoms with van der Waals surface area (Å²) in [5.41, 5.74) is 2.76. The predicted molar refractivity (Wildman–Crippen MR) is 126 cm³/mol. The van der Waals surface area contributed by atoms with Gasteiger partial charge in [-0.1, -0.05) is 12.1 Å². The fourth-order valence-corrected chi connectivity index (χ4v) is 4.27. The summed E-state index contributed by atoms with van der Waals surface area (Å²) in [6.07, 6.45) is 2.34. The Hall–Kier alpha value is -2.97. The topological polar surface area (TPSA) is 73.9 Å². The van der Waals surface area contributed by atoms with Gasteiger partial charge in [-0.15, -0.1) is 0 Å². The van der Waals surface area contributed by atoms with Crippen molar-refractivity contribution in [3.63, 3.8) is 0 Å². The third-order valence-electron chi connectivity index (χ3n) is 6.07. The van der Waals surface area contributed by atoms with Crippen molar-refractivity contribution in [1.82, 2.24) is 10.2 Å². The fraction of sp³-hybridized carbons (Fsp3) is 0.440. The number of halogens is 1. The highest BCUT2D eigenvalue weighted by molar-refractivity contribution is 6.02. The molecular weight excluding hydrogens is 423 g/mol. The number of nitrogens with one attached hydrogen (secondary N) is 2. The van der Waals surface area contributed by atoms with Crippen LogP contribution < -0.4 is 15.5 Å². The zero-order valence-electron chi connectivity index (χ0n) is 18.8. The molecule has 2 aromatic carbocycles. The number of benzene rings is 2. The number of carbonyl (C=O) groups is 2. The van der Waals surface area contributed by atoms with Crippen molar-refractivity contribution in [1.29, 1.82) is 0 Å². The van der Waals surface area contributed by atoms with Gasteiger partial charge in [0.25, 0.3) is 5.91 Å². The van der Waals surface area contributed by atoms with E-state index in [9.17, 15) is 14.0 Å². The lowest BCUT2D eigenvalue weighted by molar-refractivity contribution is -0.115. The number of nitrogens with zero attached hydrogens (tertiary/aromatic N) is 2. The van der Waals surface area contributed by atoms with E-state index >= 15 is 0 Å². The first-order valence-corrected chi connectivity index (χ1v) is 11.6. The molecule has 2 heterocycles. The van der Waals surface area contributed by atoms with Crippen LogP contribution in [0.15, 0.2) is 42.5 Å². The zero-order valence-corrected chi connectivity index (χ0v) is 18.8. The number of anilines is 2. The maximum Gasteiger partial charge on any atom is 0.253 e. The van der Waals surface area contributed by atoms with Crippen LogP contribution >= 0.6 is 0 Å². The zero-order chi connectivity index (χ0) is 23.0. The third kappa shape index (κ3) is 6.52. The predicted octanol–water partition coefficient (Wildman–Crippen LogP) is 2.67. The average molecular weight is 455 g/mol. The van der Waals surface area contributed by atoms with Gasteiger partial charge in [0.1, 0.15) is 5.82 Å². The standard InChI is InChI=1S/C25H31FN4O3/c26-20-5-3-19(4-6-20)17-24(31)28-21-7-8-23(30-10-1-2-11-30)22(18-21)25(32)27-9-12-29-13-15-33-16-14-29/h3-8,18H,1-2,9-17H2,(H,27,32)(H,28,31). The molecule has 2 aliphatic rings. The Kier molecular flexibility index (Phi) is 7.91. The molecule has 2 aromatic rings. The van der Waals surface area contributed by atoms with E-state index in [-0.39, 0.29) is 24.1 Å². The van der Waals surface area contributed by atoms with Gasteiger partial charge in [0.15, 0.2) is 0 Å². The molecule has 0 saturated carbocycles. The van der Waals surface area contributed by atoms with Crippen molar-refractivity contribution in [2.75, 3.05) is 62.7 Å². The molecule has 0 aliphatic carbocycles. The average Bonchev–Trinajstić information content (AvgIpc) is 3.36. The molecular formula is C25H31FN4O3. The summed E-state index contributed by atoms with van der Waals surface area (Å²) < 4.78 is 18.5. The quantitative estimate of drug-likeness (QED) is 0.642. The maximum absolute atomic E-state index is 13.1. The highest BCUT2D eigenvalue weighted by atomic mass is 19.1. The Morgan fingerprint density at radius 2 is 1.70 bits per heavy atom. The highest BCUT2D eigenvalue weighted by Gasteiger charge is 2.21. The normalized spacial score (nSPS) is 16.6. The number of hydrogen-bond acceptors (Lipinski definition) is 5. The number of rotatable bonds is 8. The lowest BCUT2D eigenvalue weighted by atomic mass is 10.1. The van der Waals surface area contributed by atoms with E-state index < -0.39 is 0 Å². The lowest BCUT2D eigenvalue weighted by Gasteiger charge is -2.26. The van der Waals surface area contributed by atoms with Crippen molar-refractivity contribution in [3.8, 4) is 0 Å². The molecule has 2 saturated heterocycles. The molecule has 0 atom stereocenters. The van der Waals surface area contributed by atoms with Gasteiger partial charge in [0.2, 0.25) is 5.91 Å². The van der Waals surface area contributed by atoms with Gasteiger partial charge >= 0.3 is 0 Å². The van der Waals surface area contributed by atoms with E-state index in [1.54, 1.807) is 18.2 Å². The minimum Gasteiger partial charge on any atom is -0.379 e. The first-order chi connectivity index (χ1) is 16.1. The molecule has 0 bridgehead atoms. The van der Waals surface area contributed by atoms with Crippen molar-refractivity contribution in [2.24, 2.45) is 0 Å². The Morgan fingerprint density at radius 3 is 2.42 bits per heavy atom. The second-order valence-electron chi connectivity index (χ2n) is 8.49. The summed E-state index contributed by atoms with van der Waals surface area (Å²) in [5.74, 6) is -0.685. The summed E-state index contributed by atoms with van der Waals surface area (Å²) in [5, 5.41) is 5.91. The molecule has 7 nitrogen and oxygen atoms in total. The van der Waals surface area contributed by atoms with Crippen molar-refractivity contribution < 1.29 is 18.7 Å². The molecule has 2 N–H and O–H groups in total. The van der Waals surface area contributed by atoms with Gasteiger partial charge in [0.05, 0.1) is 25.2 Å². The summed E-state index contributed by atoms with van der Waals surface area (Å²) in [6, 6.07) is 11.4. The number of carbonyl (C=O) groups excluding carboxylic acids is 2. The second-order valence-corrected chi connectivity index (χ2v) is 8.49. The highest BCUT2D eigenvalue weighted by Crippen LogP contribution is 2.27. The number of amides is 2. The van der Waals surface area contributed by atoms with Crippen LogP contribution in [-0.2, 0) is 16.0 Å². The number of morpholine rings is 1. The van der Waals surface area contributed by atoms with E-state index in [0.29, 0.717) is 17.8 Å². The van der Waals surface area contributed by atoms with Crippen LogP contribution in [0.5, 0.6) is 0 Å². The minimum absolute atomic E-state index is 0.134. The van der Waals surface area contributed by atoms with E-state index in [1.165, 1.54) is 12.1 Å². The molecule has 33 heavy (non-hydrogen) atoms. The molecule has 2 aliphatic heterocycles. The third-order valence-corrected chi connectivity index (χ3v) is 6.07. The van der Waals surface area contributed by atoms with Crippen LogP contribution in [0.3, 0.4) is 0 Å². The van der Waals surface area contributed by atoms with Gasteiger partial charge < -0.3 is 20.3 Å². The van der Waals surface area contributed by atoms with Crippen LogP contribution in [0.2, 0.25) is 0 Å². The monoisotopic (exact) mass is 454 g/mol. The SMILES string of the molecule is O=C(Cc1ccc(F)cc1)Nc1ccc(N2CCCC2)c(C(=O)NCCN2CCOCC2)c1. The first-order valence-electron chi connectivity index (χ1n) is 11.6. The fourth-order valence-electron chi connectivity index (χ4n) is 4.27. The molecule has 4 rings (SSSR count). The Balaban J connectivity index is 1.42. The second kappa shape index (κ2) is 11.2. The van der Waals surface area contributed by atoms with E-state index in [2.05, 4.69) is 20.4 Å². The van der Waals surface area contributed by atoms with Gasteiger partial charge in [-0.05, 0) is 48.7 Å². The maximum atomic E-state index is 13.1. The Labute approximate surface area is 193 Å². The largest absolute Gasteiger partial charge is 0.379 e. The van der Waals surface area contributed by atoms with Crippen LogP contribution in [0, 0.1) is 5.82 Å². The molecule has 0 aromatic heterocycles. The molecule has 8 heteroatoms. The molecule has 0 spiro atoms. The molecule has 2 amide bonds. The summed E-state index contributed by atoms with van der Waals surface area (Å²) in [7, 11) is 0. The van der Waals surface area contributed by atoms with E-state index in [4.69, 9.17) is 4.74 Å². The van der Waals surface area contributed by atoms with Crippen LogP contribution in [0.25, 0.3) is 0 Å². The summed E-state index contributed by atoms with van der Waals surface area (Å²) in [6.45, 7) is 6.39. The lowest BCUT2D eigenvalue weighted by Crippen LogP contribution is -2.41. The van der Waals surface area contributed by atoms with Crippen LogP contribution in [0.4, 0.5) is 15.8 Å². The minimum atomic E-state index is -0.332. The van der Waals surface area contributed by atoms with Gasteiger partial charge in [-0.25, -0.2) is 4.39 Å². The van der Waals surface area contributed by atoms with Crippen molar-refractivity contribution >= 4 is 23.2 Å². The summed E-state index contributed by atoms with van der Waals surface area (Å²) in [4.78, 5) is 30.1. The summed E-state index contributed by atoms with van der Waals surface area (Å²) >= 11 is 0. The Morgan fingerprint density at radius 1 is 0.970 bits per heavy atom. The van der Waals surface area contributed by atoms with E-state index in [0.717, 1.165) is 70.0 Å². The number of hydrogen-bond donors (Lipinski definition) is 2. The van der Waals surface area contributed by atoms with Crippen molar-refractivity contribution in [2.45, 2.75) is 19.3 Å². The van der Waals surface area contributed by atoms with Gasteiger partial charge in [-0.2, -0.15) is 0 Å². The molecule has 0 radical (unpaired) electrons. The van der Waals surface area contributed by atoms with Crippen LogP contribution in [-0.4, -0.2) is 69.2 Å². The molecule has 0 unspecified atom stereocenters. The van der Waals surface area contributed by atoms with Crippen molar-refractivity contribution in [3.05, 3.63) is 59.4 Å². The Bertz CT molecular complexity index is 955. The van der Waals surface area contributed by atoms with Gasteiger partial charge in [0, 0.05) is 50.6 Å². The van der Waals surface area contributed by atoms with Crippen LogP contribution in [0.1, 0.15) is 28.8 Å². The first kappa shape index (κ1) is 23.2. The van der Waals surface area contributed by atoms with Gasteiger partial charge in [-0.3, -0.25) is 14.5 Å². The molecule has 2 fully saturated rings. The van der Waals surface area contributed by atoms with E-state index in [1.807, 2.05) is 12.1 Å². The smallest absolute Gasteiger partial charge is 0.253 e.